The number of halogens is 2. The Balaban J connectivity index is 1.93. The monoisotopic (exact) mass is 820 g/mol. The Morgan fingerprint density at radius 3 is 2.32 bits per heavy atom. The van der Waals surface area contributed by atoms with Gasteiger partial charge in [-0.2, -0.15) is 0 Å². The first kappa shape index (κ1) is 46.2. The Labute approximate surface area is 338 Å². The van der Waals surface area contributed by atoms with Gasteiger partial charge in [-0.1, -0.05) is 56.6 Å². The summed E-state index contributed by atoms with van der Waals surface area (Å²) in [7, 11) is 1.48. The summed E-state index contributed by atoms with van der Waals surface area (Å²) in [5.74, 6) is -3.33. The third-order valence-electron chi connectivity index (χ3n) is 9.66. The van der Waals surface area contributed by atoms with Crippen LogP contribution in [-0.4, -0.2) is 79.4 Å². The van der Waals surface area contributed by atoms with Gasteiger partial charge in [0.25, 0.3) is 0 Å². The van der Waals surface area contributed by atoms with Crippen molar-refractivity contribution in [1.29, 1.82) is 0 Å². The molecule has 56 heavy (non-hydrogen) atoms. The fourth-order valence-corrected chi connectivity index (χ4v) is 6.22. The Hall–Kier alpha value is -4.17. The van der Waals surface area contributed by atoms with Crippen LogP contribution in [0.5, 0.6) is 11.5 Å². The number of methoxy groups -OCH3 is 1. The van der Waals surface area contributed by atoms with Crippen LogP contribution in [0.1, 0.15) is 77.8 Å². The molecule has 1 heterocycles. The molecule has 0 saturated heterocycles. The standard InChI is InChI=1S/C41H55Cl2N3O10/c1-23(2)18-32-37(50)55-30(24(3)35(48)34(43)26-13-15-27(16-14-26)54-38(51)40(4,5)21-44)10-9-11-33(47)46-29(20-25-12-17-31(53-8)28(42)19-25)36(49)45-22-41(6,7)39(52)56-32/h9,11-17,19,23-24,29-30,32,34-35,48H,10,18,20-22,44H2,1-8H3,(H,45,49)(H,46,47)/p+1/b11-9+/t24-,29+,30-,32-,34-,35+/m0/s1. The first-order valence-electron chi connectivity index (χ1n) is 18.6. The van der Waals surface area contributed by atoms with Crippen molar-refractivity contribution in [2.24, 2.45) is 22.7 Å². The Morgan fingerprint density at radius 1 is 1.07 bits per heavy atom. The van der Waals surface area contributed by atoms with E-state index in [-0.39, 0.29) is 31.7 Å². The molecule has 2 aromatic carbocycles. The molecule has 2 amide bonds. The van der Waals surface area contributed by atoms with Gasteiger partial charge in [-0.15, -0.1) is 11.6 Å². The molecule has 3 rings (SSSR count). The Bertz CT molecular complexity index is 1730. The lowest BCUT2D eigenvalue weighted by Crippen LogP contribution is -2.59. The predicted octanol–water partition coefficient (Wildman–Crippen LogP) is 4.50. The van der Waals surface area contributed by atoms with Gasteiger partial charge in [0.1, 0.15) is 29.1 Å². The third kappa shape index (κ3) is 12.9. The van der Waals surface area contributed by atoms with Crippen molar-refractivity contribution in [3.05, 3.63) is 70.8 Å². The highest BCUT2D eigenvalue weighted by Crippen LogP contribution is 2.34. The second-order valence-corrected chi connectivity index (χ2v) is 16.7. The number of amides is 2. The molecule has 0 aromatic heterocycles. The topological polar surface area (TPSA) is 194 Å². The van der Waals surface area contributed by atoms with E-state index in [9.17, 15) is 29.1 Å². The fourth-order valence-electron chi connectivity index (χ4n) is 5.57. The lowest BCUT2D eigenvalue weighted by atomic mass is 9.90. The van der Waals surface area contributed by atoms with E-state index in [1.807, 2.05) is 13.8 Å². The smallest absolute Gasteiger partial charge is 0.347 e. The van der Waals surface area contributed by atoms with Gasteiger partial charge in [-0.25, -0.2) is 4.79 Å². The number of hydrogen-bond donors (Lipinski definition) is 4. The van der Waals surface area contributed by atoms with Crippen molar-refractivity contribution in [2.75, 3.05) is 20.2 Å². The van der Waals surface area contributed by atoms with Gasteiger partial charge in [0.2, 0.25) is 11.8 Å². The summed E-state index contributed by atoms with van der Waals surface area (Å²) in [6.45, 7) is 12.1. The fraction of sp³-hybridized carbons (Fsp3) is 0.537. The van der Waals surface area contributed by atoms with Crippen molar-refractivity contribution >= 4 is 52.9 Å². The summed E-state index contributed by atoms with van der Waals surface area (Å²) in [5, 5.41) is 16.3. The number of ether oxygens (including phenoxy) is 4. The van der Waals surface area contributed by atoms with Crippen LogP contribution in [0.4, 0.5) is 0 Å². The number of nitrogens with one attached hydrogen (secondary N) is 2. The Kier molecular flexibility index (Phi) is 16.8. The van der Waals surface area contributed by atoms with Crippen LogP contribution in [-0.2, 0) is 39.9 Å². The minimum atomic E-state index is -1.30. The lowest BCUT2D eigenvalue weighted by Gasteiger charge is -2.32. The molecule has 0 radical (unpaired) electrons. The van der Waals surface area contributed by atoms with E-state index in [4.69, 9.17) is 42.1 Å². The molecular formula is C41H56Cl2N3O10+. The molecule has 15 heteroatoms. The van der Waals surface area contributed by atoms with Gasteiger partial charge in [-0.3, -0.25) is 19.2 Å². The van der Waals surface area contributed by atoms with Gasteiger partial charge in [0.15, 0.2) is 6.10 Å². The minimum absolute atomic E-state index is 0.0449. The average molecular weight is 822 g/mol. The highest BCUT2D eigenvalue weighted by Gasteiger charge is 2.39. The summed E-state index contributed by atoms with van der Waals surface area (Å²) in [6, 6.07) is 10.3. The first-order chi connectivity index (χ1) is 26.2. The summed E-state index contributed by atoms with van der Waals surface area (Å²) in [5.41, 5.74) is 2.88. The van der Waals surface area contributed by atoms with Crippen molar-refractivity contribution in [3.8, 4) is 11.5 Å². The minimum Gasteiger partial charge on any atom is -0.495 e. The van der Waals surface area contributed by atoms with Gasteiger partial charge < -0.3 is 40.4 Å². The zero-order valence-electron chi connectivity index (χ0n) is 33.4. The number of quaternary nitrogens is 1. The van der Waals surface area contributed by atoms with E-state index < -0.39 is 76.2 Å². The molecule has 6 atom stereocenters. The van der Waals surface area contributed by atoms with E-state index in [1.54, 1.807) is 77.1 Å². The van der Waals surface area contributed by atoms with Crippen molar-refractivity contribution in [1.82, 2.24) is 10.6 Å². The van der Waals surface area contributed by atoms with Crippen LogP contribution in [0.25, 0.3) is 0 Å². The molecule has 0 saturated carbocycles. The van der Waals surface area contributed by atoms with E-state index in [2.05, 4.69) is 16.4 Å². The number of hydrogen-bond acceptors (Lipinski definition) is 10. The molecule has 6 N–H and O–H groups in total. The number of benzene rings is 2. The van der Waals surface area contributed by atoms with Crippen molar-refractivity contribution in [2.45, 2.75) is 97.5 Å². The third-order valence-corrected chi connectivity index (χ3v) is 10.5. The van der Waals surface area contributed by atoms with E-state index in [1.165, 1.54) is 19.3 Å². The molecule has 13 nitrogen and oxygen atoms in total. The number of carbonyl (C=O) groups excluding carboxylic acids is 5. The molecule has 308 valence electrons. The van der Waals surface area contributed by atoms with Gasteiger partial charge in [0.05, 0.1) is 35.6 Å². The lowest BCUT2D eigenvalue weighted by molar-refractivity contribution is -0.386. The van der Waals surface area contributed by atoms with E-state index in [0.29, 0.717) is 34.2 Å². The summed E-state index contributed by atoms with van der Waals surface area (Å²) < 4.78 is 22.4. The number of aliphatic hydroxyl groups is 1. The van der Waals surface area contributed by atoms with Gasteiger partial charge >= 0.3 is 17.9 Å². The largest absolute Gasteiger partial charge is 0.495 e. The average Bonchev–Trinajstić information content (AvgIpc) is 3.14. The maximum Gasteiger partial charge on any atom is 0.347 e. The maximum atomic E-state index is 13.7. The number of aliphatic hydroxyl groups excluding tert-OH is 1. The van der Waals surface area contributed by atoms with Crippen molar-refractivity contribution in [3.63, 3.8) is 0 Å². The molecule has 2 aromatic rings. The summed E-state index contributed by atoms with van der Waals surface area (Å²) in [6.07, 6.45) is -0.774. The number of rotatable bonds is 12. The first-order valence-corrected chi connectivity index (χ1v) is 19.4. The normalized spacial score (nSPS) is 22.1. The van der Waals surface area contributed by atoms with E-state index >= 15 is 0 Å². The van der Waals surface area contributed by atoms with Crippen LogP contribution in [0.15, 0.2) is 54.6 Å². The molecular weight excluding hydrogens is 765 g/mol. The second kappa shape index (κ2) is 20.3. The Morgan fingerprint density at radius 2 is 1.73 bits per heavy atom. The number of alkyl halides is 1. The molecule has 0 unspecified atom stereocenters. The zero-order valence-corrected chi connectivity index (χ0v) is 34.9. The molecule has 0 bridgehead atoms. The van der Waals surface area contributed by atoms with Crippen LogP contribution in [0.3, 0.4) is 0 Å². The molecule has 0 fully saturated rings. The predicted molar refractivity (Wildman–Crippen MR) is 211 cm³/mol. The highest BCUT2D eigenvalue weighted by molar-refractivity contribution is 6.32. The van der Waals surface area contributed by atoms with Crippen LogP contribution >= 0.6 is 23.2 Å². The SMILES string of the molecule is COc1ccc(C[C@H]2NC(=O)/C=C/C[C@@H]([C@H](C)[C@@H](O)[C@@H](Cl)c3ccc(OC(=O)C(C)(C)C[NH3+])cc3)OC(=O)[C@H](CC(C)C)OC(=O)C(C)(C)CNC2=O)cc1Cl. The van der Waals surface area contributed by atoms with Gasteiger partial charge in [-0.05, 0) is 81.5 Å². The summed E-state index contributed by atoms with van der Waals surface area (Å²) >= 11 is 13.1. The van der Waals surface area contributed by atoms with Crippen molar-refractivity contribution < 1.29 is 53.8 Å². The molecule has 0 spiro atoms. The van der Waals surface area contributed by atoms with Crippen LogP contribution in [0.2, 0.25) is 5.02 Å². The summed E-state index contributed by atoms with van der Waals surface area (Å²) in [4.78, 5) is 66.6. The van der Waals surface area contributed by atoms with Gasteiger partial charge in [0, 0.05) is 25.3 Å². The number of carbonyl (C=O) groups is 5. The maximum absolute atomic E-state index is 13.7. The number of esters is 3. The molecule has 1 aliphatic rings. The number of cyclic esters (lactones) is 2. The van der Waals surface area contributed by atoms with E-state index in [0.717, 1.165) is 0 Å². The second-order valence-electron chi connectivity index (χ2n) is 15.8. The molecule has 0 aliphatic carbocycles. The van der Waals surface area contributed by atoms with Crippen LogP contribution < -0.4 is 25.8 Å². The highest BCUT2D eigenvalue weighted by atomic mass is 35.5. The van der Waals surface area contributed by atoms with Crippen LogP contribution in [0, 0.1) is 22.7 Å². The molecule has 1 aliphatic heterocycles. The quantitative estimate of drug-likeness (QED) is 0.135. The zero-order chi connectivity index (χ0) is 42.0.